The van der Waals surface area contributed by atoms with Crippen LogP contribution in [-0.2, 0) is 4.84 Å². The highest BCUT2D eigenvalue weighted by Gasteiger charge is 2.10. The largest absolute Gasteiger partial charge is 0.272 e. The molecule has 0 amide bonds. The minimum Gasteiger partial charge on any atom is -0.272 e. The molecule has 2 aromatic rings. The highest BCUT2D eigenvalue weighted by atomic mass is 16.7. The monoisotopic (exact) mass is 244 g/mol. The molecule has 0 aliphatic heterocycles. The Morgan fingerprint density at radius 3 is 2.06 bits per heavy atom. The molecule has 5 heteroatoms. The third-order valence-corrected chi connectivity index (χ3v) is 2.47. The van der Waals surface area contributed by atoms with Crippen molar-refractivity contribution in [1.82, 2.24) is 0 Å². The first-order valence-corrected chi connectivity index (χ1v) is 5.36. The van der Waals surface area contributed by atoms with Crippen LogP contribution in [0.25, 0.3) is 0 Å². The lowest BCUT2D eigenvalue weighted by molar-refractivity contribution is -0.384. The van der Waals surface area contributed by atoms with Crippen molar-refractivity contribution in [3.8, 4) is 0 Å². The normalized spacial score (nSPS) is 10.1. The van der Waals surface area contributed by atoms with Crippen molar-refractivity contribution in [3.05, 3.63) is 64.7 Å². The van der Waals surface area contributed by atoms with Gasteiger partial charge in [-0.2, -0.15) is 0 Å². The molecule has 2 aromatic carbocycles. The van der Waals surface area contributed by atoms with E-state index in [2.05, 4.69) is 0 Å². The quantitative estimate of drug-likeness (QED) is 0.611. The third-order valence-electron chi connectivity index (χ3n) is 2.47. The van der Waals surface area contributed by atoms with Crippen LogP contribution in [0.4, 0.5) is 17.1 Å². The number of benzene rings is 2. The van der Waals surface area contributed by atoms with Gasteiger partial charge in [-0.25, -0.2) is 5.06 Å². The van der Waals surface area contributed by atoms with Crippen molar-refractivity contribution in [2.45, 2.75) is 0 Å². The van der Waals surface area contributed by atoms with E-state index in [0.29, 0.717) is 0 Å². The Kier molecular flexibility index (Phi) is 3.54. The highest BCUT2D eigenvalue weighted by Crippen LogP contribution is 2.26. The van der Waals surface area contributed by atoms with E-state index in [1.165, 1.54) is 12.1 Å². The van der Waals surface area contributed by atoms with Gasteiger partial charge in [-0.05, 0) is 24.3 Å². The van der Waals surface area contributed by atoms with E-state index in [9.17, 15) is 10.1 Å². The second-order valence-corrected chi connectivity index (χ2v) is 3.59. The van der Waals surface area contributed by atoms with Crippen LogP contribution in [0.3, 0.4) is 0 Å². The fraction of sp³-hybridized carbons (Fsp3) is 0.0769. The predicted molar refractivity (Wildman–Crippen MR) is 68.7 cm³/mol. The Morgan fingerprint density at radius 2 is 1.56 bits per heavy atom. The lowest BCUT2D eigenvalue weighted by Crippen LogP contribution is -2.14. The summed E-state index contributed by atoms with van der Waals surface area (Å²) >= 11 is 0. The molecular weight excluding hydrogens is 232 g/mol. The molecule has 0 saturated heterocycles. The standard InChI is InChI=1S/C13H12N2O3/c1-18-14(11-5-3-2-4-6-11)12-7-9-13(10-8-12)15(16)17/h2-10H,1H3. The van der Waals surface area contributed by atoms with E-state index < -0.39 is 4.92 Å². The minimum absolute atomic E-state index is 0.0582. The van der Waals surface area contributed by atoms with Crippen molar-refractivity contribution >= 4 is 17.1 Å². The zero-order valence-corrected chi connectivity index (χ0v) is 9.82. The summed E-state index contributed by atoms with van der Waals surface area (Å²) < 4.78 is 0. The van der Waals surface area contributed by atoms with Crippen LogP contribution in [0.15, 0.2) is 54.6 Å². The number of nitro benzene ring substituents is 1. The van der Waals surface area contributed by atoms with Gasteiger partial charge in [0.05, 0.1) is 23.4 Å². The predicted octanol–water partition coefficient (Wildman–Crippen LogP) is 3.29. The topological polar surface area (TPSA) is 55.6 Å². The lowest BCUT2D eigenvalue weighted by Gasteiger charge is -2.21. The second-order valence-electron chi connectivity index (χ2n) is 3.59. The van der Waals surface area contributed by atoms with Crippen LogP contribution >= 0.6 is 0 Å². The molecule has 2 rings (SSSR count). The van der Waals surface area contributed by atoms with Gasteiger partial charge in [-0.3, -0.25) is 15.0 Å². The molecule has 0 N–H and O–H groups in total. The number of anilines is 2. The molecule has 92 valence electrons. The maximum atomic E-state index is 10.6. The molecular formula is C13H12N2O3. The molecule has 0 atom stereocenters. The van der Waals surface area contributed by atoms with Crippen LogP contribution < -0.4 is 5.06 Å². The summed E-state index contributed by atoms with van der Waals surface area (Å²) in [5.74, 6) is 0. The maximum absolute atomic E-state index is 10.6. The van der Waals surface area contributed by atoms with Gasteiger partial charge in [0.1, 0.15) is 0 Å². The molecule has 0 bridgehead atoms. The SMILES string of the molecule is CON(c1ccccc1)c1ccc([N+](=O)[O-])cc1. The van der Waals surface area contributed by atoms with Gasteiger partial charge in [0.15, 0.2) is 0 Å². The number of para-hydroxylation sites is 1. The smallest absolute Gasteiger partial charge is 0.269 e. The van der Waals surface area contributed by atoms with E-state index in [1.54, 1.807) is 24.3 Å². The van der Waals surface area contributed by atoms with Gasteiger partial charge in [0, 0.05) is 12.1 Å². The molecule has 0 aromatic heterocycles. The number of hydrogen-bond donors (Lipinski definition) is 0. The van der Waals surface area contributed by atoms with Crippen LogP contribution in [0.1, 0.15) is 0 Å². The van der Waals surface area contributed by atoms with Crippen molar-refractivity contribution in [3.63, 3.8) is 0 Å². The highest BCUT2D eigenvalue weighted by molar-refractivity contribution is 5.61. The average Bonchev–Trinajstić information content (AvgIpc) is 2.41. The first-order valence-electron chi connectivity index (χ1n) is 5.36. The minimum atomic E-state index is -0.427. The molecule has 0 heterocycles. The van der Waals surface area contributed by atoms with Crippen molar-refractivity contribution in [1.29, 1.82) is 0 Å². The molecule has 0 saturated carbocycles. The second kappa shape index (κ2) is 5.29. The Balaban J connectivity index is 2.31. The number of nitro groups is 1. The van der Waals surface area contributed by atoms with Gasteiger partial charge >= 0.3 is 0 Å². The molecule has 0 fully saturated rings. The zero-order chi connectivity index (χ0) is 13.0. The summed E-state index contributed by atoms with van der Waals surface area (Å²) in [6, 6.07) is 15.7. The fourth-order valence-corrected chi connectivity index (χ4v) is 1.63. The van der Waals surface area contributed by atoms with Gasteiger partial charge < -0.3 is 0 Å². The molecule has 0 aliphatic carbocycles. The summed E-state index contributed by atoms with van der Waals surface area (Å²) in [6.07, 6.45) is 0. The molecule has 18 heavy (non-hydrogen) atoms. The van der Waals surface area contributed by atoms with Crippen LogP contribution in [0.2, 0.25) is 0 Å². The van der Waals surface area contributed by atoms with E-state index >= 15 is 0 Å². The van der Waals surface area contributed by atoms with Gasteiger partial charge in [0.2, 0.25) is 0 Å². The zero-order valence-electron chi connectivity index (χ0n) is 9.82. The van der Waals surface area contributed by atoms with Crippen molar-refractivity contribution in [2.75, 3.05) is 12.2 Å². The van der Waals surface area contributed by atoms with E-state index in [4.69, 9.17) is 4.84 Å². The van der Waals surface area contributed by atoms with Crippen molar-refractivity contribution < 1.29 is 9.76 Å². The Morgan fingerprint density at radius 1 is 1.00 bits per heavy atom. The number of hydrogen-bond acceptors (Lipinski definition) is 4. The van der Waals surface area contributed by atoms with Crippen LogP contribution in [0, 0.1) is 10.1 Å². The van der Waals surface area contributed by atoms with Gasteiger partial charge in [-0.15, -0.1) is 0 Å². The molecule has 0 aliphatic rings. The molecule has 5 nitrogen and oxygen atoms in total. The first-order chi connectivity index (χ1) is 8.72. The average molecular weight is 244 g/mol. The Bertz CT molecular complexity index is 526. The third kappa shape index (κ3) is 2.46. The molecule has 0 spiro atoms. The number of nitrogens with zero attached hydrogens (tertiary/aromatic N) is 2. The Hall–Kier alpha value is -2.40. The van der Waals surface area contributed by atoms with E-state index in [-0.39, 0.29) is 5.69 Å². The number of rotatable bonds is 4. The summed E-state index contributed by atoms with van der Waals surface area (Å²) in [7, 11) is 1.55. The Labute approximate surface area is 104 Å². The summed E-state index contributed by atoms with van der Waals surface area (Å²) in [4.78, 5) is 15.4. The number of non-ortho nitro benzene ring substituents is 1. The first kappa shape index (κ1) is 12.1. The van der Waals surface area contributed by atoms with Crippen LogP contribution in [0.5, 0.6) is 0 Å². The van der Waals surface area contributed by atoms with Crippen LogP contribution in [-0.4, -0.2) is 12.0 Å². The summed E-state index contributed by atoms with van der Waals surface area (Å²) in [5, 5.41) is 12.2. The summed E-state index contributed by atoms with van der Waals surface area (Å²) in [6.45, 7) is 0. The fourth-order valence-electron chi connectivity index (χ4n) is 1.63. The van der Waals surface area contributed by atoms with Gasteiger partial charge in [0.25, 0.3) is 5.69 Å². The summed E-state index contributed by atoms with van der Waals surface area (Å²) in [5.41, 5.74) is 1.64. The van der Waals surface area contributed by atoms with E-state index in [0.717, 1.165) is 11.4 Å². The van der Waals surface area contributed by atoms with Crippen molar-refractivity contribution in [2.24, 2.45) is 0 Å². The lowest BCUT2D eigenvalue weighted by atomic mass is 10.2. The van der Waals surface area contributed by atoms with E-state index in [1.807, 2.05) is 30.3 Å². The van der Waals surface area contributed by atoms with Gasteiger partial charge in [-0.1, -0.05) is 18.2 Å². The maximum Gasteiger partial charge on any atom is 0.269 e. The molecule has 0 unspecified atom stereocenters. The molecule has 0 radical (unpaired) electrons.